The molecule has 2 rings (SSSR count). The summed E-state index contributed by atoms with van der Waals surface area (Å²) in [6.45, 7) is 1.71. The van der Waals surface area contributed by atoms with E-state index in [4.69, 9.17) is 5.84 Å². The van der Waals surface area contributed by atoms with Crippen molar-refractivity contribution in [3.05, 3.63) is 18.5 Å². The first-order valence-electron chi connectivity index (χ1n) is 6.14. The van der Waals surface area contributed by atoms with Crippen LogP contribution in [0.4, 0.5) is 5.69 Å². The maximum absolute atomic E-state index is 12.3. The van der Waals surface area contributed by atoms with Crippen LogP contribution in [-0.4, -0.2) is 44.5 Å². The van der Waals surface area contributed by atoms with Crippen LogP contribution in [0.2, 0.25) is 0 Å². The van der Waals surface area contributed by atoms with E-state index in [1.165, 1.54) is 18.5 Å². The lowest BCUT2D eigenvalue weighted by Gasteiger charge is -2.30. The summed E-state index contributed by atoms with van der Waals surface area (Å²) in [5.41, 5.74) is 2.72. The molecule has 7 nitrogen and oxygen atoms in total. The first kappa shape index (κ1) is 14.2. The molecule has 8 heteroatoms. The molecule has 19 heavy (non-hydrogen) atoms. The number of anilines is 1. The van der Waals surface area contributed by atoms with Gasteiger partial charge in [0.1, 0.15) is 4.90 Å². The average Bonchev–Trinajstić information content (AvgIpc) is 2.38. The molecule has 2 heterocycles. The minimum atomic E-state index is -3.61. The minimum absolute atomic E-state index is 0.0745. The van der Waals surface area contributed by atoms with Crippen LogP contribution in [0.5, 0.6) is 0 Å². The molecule has 0 saturated carbocycles. The van der Waals surface area contributed by atoms with E-state index < -0.39 is 10.0 Å². The van der Waals surface area contributed by atoms with Gasteiger partial charge in [-0.15, -0.1) is 0 Å². The number of rotatable bonds is 4. The largest absolute Gasteiger partial charge is 0.323 e. The normalized spacial score (nSPS) is 21.3. The molecule has 1 atom stereocenters. The van der Waals surface area contributed by atoms with Crippen LogP contribution < -0.4 is 16.0 Å². The molecule has 0 aromatic carbocycles. The molecule has 0 amide bonds. The van der Waals surface area contributed by atoms with Crippen molar-refractivity contribution in [1.29, 1.82) is 0 Å². The average molecular weight is 285 g/mol. The fourth-order valence-corrected chi connectivity index (χ4v) is 3.63. The van der Waals surface area contributed by atoms with Crippen molar-refractivity contribution in [2.45, 2.75) is 23.8 Å². The highest BCUT2D eigenvalue weighted by atomic mass is 32.2. The Hall–Kier alpha value is -1.22. The lowest BCUT2D eigenvalue weighted by Crippen LogP contribution is -2.46. The quantitative estimate of drug-likeness (QED) is 0.520. The number of nitrogen functional groups attached to an aromatic ring is 1. The Morgan fingerprint density at radius 2 is 2.32 bits per heavy atom. The van der Waals surface area contributed by atoms with Crippen LogP contribution >= 0.6 is 0 Å². The number of likely N-dealkylation sites (tertiary alicyclic amines) is 1. The maximum Gasteiger partial charge on any atom is 0.244 e. The van der Waals surface area contributed by atoms with Crippen molar-refractivity contribution >= 4 is 15.7 Å². The number of nitrogens with zero attached hydrogens (tertiary/aromatic N) is 2. The van der Waals surface area contributed by atoms with E-state index in [0.29, 0.717) is 12.2 Å². The summed E-state index contributed by atoms with van der Waals surface area (Å²) in [6.07, 6.45) is 4.61. The molecule has 1 aliphatic heterocycles. The molecular formula is C11H19N5O2S. The number of aromatic nitrogens is 1. The Bertz CT molecular complexity index is 534. The van der Waals surface area contributed by atoms with Gasteiger partial charge in [-0.2, -0.15) is 0 Å². The van der Waals surface area contributed by atoms with Gasteiger partial charge < -0.3 is 10.3 Å². The number of pyridine rings is 1. The highest BCUT2D eigenvalue weighted by molar-refractivity contribution is 7.89. The van der Waals surface area contributed by atoms with Crippen LogP contribution in [0.1, 0.15) is 12.8 Å². The molecule has 1 aromatic rings. The van der Waals surface area contributed by atoms with Gasteiger partial charge >= 0.3 is 0 Å². The first-order valence-corrected chi connectivity index (χ1v) is 7.63. The third-order valence-electron chi connectivity index (χ3n) is 3.18. The Morgan fingerprint density at radius 1 is 1.53 bits per heavy atom. The van der Waals surface area contributed by atoms with E-state index in [9.17, 15) is 8.42 Å². The van der Waals surface area contributed by atoms with Gasteiger partial charge in [-0.3, -0.25) is 10.8 Å². The Labute approximate surface area is 113 Å². The van der Waals surface area contributed by atoms with Crippen molar-refractivity contribution in [3.63, 3.8) is 0 Å². The van der Waals surface area contributed by atoms with Crippen molar-refractivity contribution in [1.82, 2.24) is 14.6 Å². The number of likely N-dealkylation sites (N-methyl/N-ethyl adjacent to an activating group) is 1. The molecule has 1 aromatic heterocycles. The number of nitrogens with one attached hydrogen (secondary N) is 2. The monoisotopic (exact) mass is 285 g/mol. The lowest BCUT2D eigenvalue weighted by atomic mass is 10.1. The number of nitrogens with two attached hydrogens (primary N) is 1. The maximum atomic E-state index is 12.3. The standard InChI is InChI=1S/C11H19N5O2S/c1-16-6-2-3-9(8-16)15-19(17,18)11-7-13-5-4-10(11)14-12/h4-5,7,9,15H,2-3,6,8,12H2,1H3,(H,13,14). The van der Waals surface area contributed by atoms with Gasteiger partial charge in [0.05, 0.1) is 5.69 Å². The smallest absolute Gasteiger partial charge is 0.244 e. The van der Waals surface area contributed by atoms with E-state index in [0.717, 1.165) is 19.4 Å². The van der Waals surface area contributed by atoms with Crippen molar-refractivity contribution in [3.8, 4) is 0 Å². The van der Waals surface area contributed by atoms with E-state index in [-0.39, 0.29) is 10.9 Å². The highest BCUT2D eigenvalue weighted by Crippen LogP contribution is 2.19. The van der Waals surface area contributed by atoms with Crippen LogP contribution in [0.15, 0.2) is 23.4 Å². The Balaban J connectivity index is 2.18. The predicted octanol–water partition coefficient (Wildman–Crippen LogP) is -0.260. The SMILES string of the molecule is CN1CCCC(NS(=O)(=O)c2cnccc2NN)C1. The molecule has 0 bridgehead atoms. The molecule has 0 spiro atoms. The second kappa shape index (κ2) is 5.83. The predicted molar refractivity (Wildman–Crippen MR) is 72.9 cm³/mol. The number of hydrogen-bond acceptors (Lipinski definition) is 6. The van der Waals surface area contributed by atoms with Crippen LogP contribution in [0.3, 0.4) is 0 Å². The molecule has 4 N–H and O–H groups in total. The summed E-state index contributed by atoms with van der Waals surface area (Å²) in [5.74, 6) is 5.32. The van der Waals surface area contributed by atoms with Gasteiger partial charge in [-0.1, -0.05) is 0 Å². The molecular weight excluding hydrogens is 266 g/mol. The van der Waals surface area contributed by atoms with E-state index in [1.54, 1.807) is 0 Å². The van der Waals surface area contributed by atoms with Gasteiger partial charge in [0.15, 0.2) is 0 Å². The third-order valence-corrected chi connectivity index (χ3v) is 4.72. The van der Waals surface area contributed by atoms with E-state index in [2.05, 4.69) is 20.0 Å². The minimum Gasteiger partial charge on any atom is -0.323 e. The van der Waals surface area contributed by atoms with Crippen molar-refractivity contribution in [2.75, 3.05) is 25.6 Å². The van der Waals surface area contributed by atoms with Crippen LogP contribution in [0, 0.1) is 0 Å². The summed E-state index contributed by atoms with van der Waals surface area (Å²) in [5, 5.41) is 0. The van der Waals surface area contributed by atoms with Gasteiger partial charge in [0.25, 0.3) is 0 Å². The number of sulfonamides is 1. The zero-order chi connectivity index (χ0) is 13.9. The number of hydrogen-bond donors (Lipinski definition) is 3. The highest BCUT2D eigenvalue weighted by Gasteiger charge is 2.25. The van der Waals surface area contributed by atoms with Crippen molar-refractivity contribution in [2.24, 2.45) is 5.84 Å². The first-order chi connectivity index (χ1) is 9.03. The van der Waals surface area contributed by atoms with Gasteiger partial charge in [0, 0.05) is 25.0 Å². The molecule has 106 valence electrons. The molecule has 0 aliphatic carbocycles. The molecule has 1 unspecified atom stereocenters. The third kappa shape index (κ3) is 3.41. The topological polar surface area (TPSA) is 100 Å². The summed E-state index contributed by atoms with van der Waals surface area (Å²) < 4.78 is 27.4. The molecule has 0 radical (unpaired) electrons. The summed E-state index contributed by atoms with van der Waals surface area (Å²) in [6, 6.07) is 1.45. The van der Waals surface area contributed by atoms with Gasteiger partial charge in [0.2, 0.25) is 10.0 Å². The fourth-order valence-electron chi connectivity index (χ4n) is 2.26. The molecule has 1 fully saturated rings. The van der Waals surface area contributed by atoms with Crippen LogP contribution in [0.25, 0.3) is 0 Å². The Kier molecular flexibility index (Phi) is 4.35. The summed E-state index contributed by atoms with van der Waals surface area (Å²) in [4.78, 5) is 6.03. The Morgan fingerprint density at radius 3 is 3.00 bits per heavy atom. The molecule has 1 aliphatic rings. The van der Waals surface area contributed by atoms with Gasteiger partial charge in [-0.25, -0.2) is 13.1 Å². The fraction of sp³-hybridized carbons (Fsp3) is 0.545. The number of hydrazine groups is 1. The molecule has 1 saturated heterocycles. The van der Waals surface area contributed by atoms with Crippen LogP contribution in [-0.2, 0) is 10.0 Å². The zero-order valence-corrected chi connectivity index (χ0v) is 11.7. The second-order valence-corrected chi connectivity index (χ2v) is 6.42. The number of piperidine rings is 1. The summed E-state index contributed by atoms with van der Waals surface area (Å²) >= 11 is 0. The van der Waals surface area contributed by atoms with Gasteiger partial charge in [-0.05, 0) is 32.5 Å². The zero-order valence-electron chi connectivity index (χ0n) is 10.8. The second-order valence-electron chi connectivity index (χ2n) is 4.74. The van der Waals surface area contributed by atoms with E-state index >= 15 is 0 Å². The summed E-state index contributed by atoms with van der Waals surface area (Å²) in [7, 11) is -1.62. The van der Waals surface area contributed by atoms with Crippen molar-refractivity contribution < 1.29 is 8.42 Å². The lowest BCUT2D eigenvalue weighted by molar-refractivity contribution is 0.242. The van der Waals surface area contributed by atoms with E-state index in [1.807, 2.05) is 7.05 Å².